The zero-order valence-corrected chi connectivity index (χ0v) is 12.1. The lowest BCUT2D eigenvalue weighted by atomic mass is 9.93. The average Bonchev–Trinajstić information content (AvgIpc) is 2.98. The second-order valence-corrected chi connectivity index (χ2v) is 5.56. The summed E-state index contributed by atoms with van der Waals surface area (Å²) in [6.07, 6.45) is 6.17. The fourth-order valence-electron chi connectivity index (χ4n) is 2.88. The van der Waals surface area contributed by atoms with Crippen molar-refractivity contribution in [1.82, 2.24) is 5.32 Å². The molecule has 106 valence electrons. The van der Waals surface area contributed by atoms with E-state index < -0.39 is 0 Å². The largest absolute Gasteiger partial charge is 0.381 e. The maximum Gasteiger partial charge on any atom is 0.0510 e. The first kappa shape index (κ1) is 14.5. The minimum absolute atomic E-state index is 0.645. The van der Waals surface area contributed by atoms with E-state index in [4.69, 9.17) is 4.74 Å². The van der Waals surface area contributed by atoms with Crippen LogP contribution in [0.3, 0.4) is 0 Å². The highest BCUT2D eigenvalue weighted by atomic mass is 16.5. The predicted molar refractivity (Wildman–Crippen MR) is 80.4 cm³/mol. The molecule has 0 spiro atoms. The summed E-state index contributed by atoms with van der Waals surface area (Å²) in [5.74, 6) is 0.724. The summed E-state index contributed by atoms with van der Waals surface area (Å²) in [5, 5.41) is 3.72. The van der Waals surface area contributed by atoms with E-state index in [0.717, 1.165) is 25.7 Å². The second kappa shape index (κ2) is 8.34. The van der Waals surface area contributed by atoms with Crippen molar-refractivity contribution in [3.05, 3.63) is 35.9 Å². The molecule has 2 atom stereocenters. The highest BCUT2D eigenvalue weighted by Crippen LogP contribution is 2.21. The van der Waals surface area contributed by atoms with Gasteiger partial charge in [0.05, 0.1) is 6.61 Å². The molecule has 2 unspecified atom stereocenters. The van der Waals surface area contributed by atoms with Crippen molar-refractivity contribution < 1.29 is 4.74 Å². The van der Waals surface area contributed by atoms with Gasteiger partial charge < -0.3 is 10.1 Å². The van der Waals surface area contributed by atoms with Gasteiger partial charge in [0.15, 0.2) is 0 Å². The third kappa shape index (κ3) is 4.96. The molecule has 1 saturated heterocycles. The SMILES string of the molecule is CCCNC(CCCc1ccccc1)C1CCOC1. The Hall–Kier alpha value is -0.860. The number of nitrogens with one attached hydrogen (secondary N) is 1. The molecule has 19 heavy (non-hydrogen) atoms. The van der Waals surface area contributed by atoms with Crippen molar-refractivity contribution in [2.45, 2.75) is 45.1 Å². The minimum atomic E-state index is 0.645. The van der Waals surface area contributed by atoms with Gasteiger partial charge in [0.1, 0.15) is 0 Å². The van der Waals surface area contributed by atoms with Gasteiger partial charge >= 0.3 is 0 Å². The topological polar surface area (TPSA) is 21.3 Å². The van der Waals surface area contributed by atoms with Crippen molar-refractivity contribution in [2.75, 3.05) is 19.8 Å². The minimum Gasteiger partial charge on any atom is -0.381 e. The van der Waals surface area contributed by atoms with Crippen LogP contribution in [-0.4, -0.2) is 25.8 Å². The Morgan fingerprint density at radius 3 is 2.84 bits per heavy atom. The monoisotopic (exact) mass is 261 g/mol. The number of rotatable bonds is 8. The molecule has 0 saturated carbocycles. The Balaban J connectivity index is 1.75. The van der Waals surface area contributed by atoms with Crippen LogP contribution in [0.2, 0.25) is 0 Å². The Kier molecular flexibility index (Phi) is 6.38. The summed E-state index contributed by atoms with van der Waals surface area (Å²) in [6, 6.07) is 11.5. The number of hydrogen-bond acceptors (Lipinski definition) is 2. The number of benzene rings is 1. The summed E-state index contributed by atoms with van der Waals surface area (Å²) < 4.78 is 5.54. The highest BCUT2D eigenvalue weighted by molar-refractivity contribution is 5.14. The summed E-state index contributed by atoms with van der Waals surface area (Å²) in [5.41, 5.74) is 1.46. The first-order valence-electron chi connectivity index (χ1n) is 7.75. The molecule has 1 aliphatic heterocycles. The van der Waals surface area contributed by atoms with E-state index in [9.17, 15) is 0 Å². The van der Waals surface area contributed by atoms with Crippen LogP contribution >= 0.6 is 0 Å². The van der Waals surface area contributed by atoms with Gasteiger partial charge in [0, 0.05) is 12.6 Å². The smallest absolute Gasteiger partial charge is 0.0510 e. The molecule has 1 heterocycles. The van der Waals surface area contributed by atoms with E-state index in [-0.39, 0.29) is 0 Å². The summed E-state index contributed by atoms with van der Waals surface area (Å²) >= 11 is 0. The molecule has 0 amide bonds. The van der Waals surface area contributed by atoms with Gasteiger partial charge in [-0.05, 0) is 50.1 Å². The highest BCUT2D eigenvalue weighted by Gasteiger charge is 2.24. The van der Waals surface area contributed by atoms with Crippen LogP contribution in [-0.2, 0) is 11.2 Å². The number of aryl methyl sites for hydroxylation is 1. The normalized spacial score (nSPS) is 20.6. The molecule has 1 N–H and O–H groups in total. The van der Waals surface area contributed by atoms with E-state index in [1.807, 2.05) is 0 Å². The molecule has 2 heteroatoms. The molecule has 0 aliphatic carbocycles. The molecular weight excluding hydrogens is 234 g/mol. The van der Waals surface area contributed by atoms with Crippen molar-refractivity contribution >= 4 is 0 Å². The van der Waals surface area contributed by atoms with Gasteiger partial charge in [-0.1, -0.05) is 37.3 Å². The van der Waals surface area contributed by atoms with E-state index in [2.05, 4.69) is 42.6 Å². The number of hydrogen-bond donors (Lipinski definition) is 1. The number of ether oxygens (including phenoxy) is 1. The first-order valence-corrected chi connectivity index (χ1v) is 7.75. The molecule has 1 aliphatic rings. The fraction of sp³-hybridized carbons (Fsp3) is 0.647. The Morgan fingerprint density at radius 2 is 2.16 bits per heavy atom. The molecule has 1 aromatic rings. The van der Waals surface area contributed by atoms with Crippen LogP contribution in [0, 0.1) is 5.92 Å². The van der Waals surface area contributed by atoms with Crippen LogP contribution in [0.25, 0.3) is 0 Å². The van der Waals surface area contributed by atoms with Crippen molar-refractivity contribution in [2.24, 2.45) is 5.92 Å². The molecule has 2 nitrogen and oxygen atoms in total. The Labute approximate surface area is 117 Å². The van der Waals surface area contributed by atoms with Crippen LogP contribution in [0.5, 0.6) is 0 Å². The van der Waals surface area contributed by atoms with Crippen LogP contribution in [0.1, 0.15) is 38.2 Å². The van der Waals surface area contributed by atoms with E-state index >= 15 is 0 Å². The predicted octanol–water partition coefficient (Wildman–Crippen LogP) is 3.41. The van der Waals surface area contributed by atoms with Gasteiger partial charge in [0.25, 0.3) is 0 Å². The first-order chi connectivity index (χ1) is 9.40. The fourth-order valence-corrected chi connectivity index (χ4v) is 2.88. The summed E-state index contributed by atoms with van der Waals surface area (Å²) in [7, 11) is 0. The average molecular weight is 261 g/mol. The summed E-state index contributed by atoms with van der Waals surface area (Å²) in [4.78, 5) is 0. The van der Waals surface area contributed by atoms with Crippen molar-refractivity contribution in [3.8, 4) is 0 Å². The maximum absolute atomic E-state index is 5.54. The van der Waals surface area contributed by atoms with E-state index in [1.165, 1.54) is 37.7 Å². The quantitative estimate of drug-likeness (QED) is 0.774. The second-order valence-electron chi connectivity index (χ2n) is 5.56. The standard InChI is InChI=1S/C17H27NO/c1-2-12-18-17(16-11-13-19-14-16)10-6-9-15-7-4-3-5-8-15/h3-5,7-8,16-18H,2,6,9-14H2,1H3. The molecule has 1 fully saturated rings. The molecule has 0 aromatic heterocycles. The lowest BCUT2D eigenvalue weighted by molar-refractivity contribution is 0.174. The summed E-state index contributed by atoms with van der Waals surface area (Å²) in [6.45, 7) is 5.27. The van der Waals surface area contributed by atoms with Gasteiger partial charge in [-0.2, -0.15) is 0 Å². The Morgan fingerprint density at radius 1 is 1.32 bits per heavy atom. The zero-order valence-electron chi connectivity index (χ0n) is 12.1. The zero-order chi connectivity index (χ0) is 13.3. The third-order valence-corrected chi connectivity index (χ3v) is 4.01. The van der Waals surface area contributed by atoms with Gasteiger partial charge in [-0.15, -0.1) is 0 Å². The molecule has 1 aromatic carbocycles. The molecule has 0 radical (unpaired) electrons. The van der Waals surface area contributed by atoms with E-state index in [0.29, 0.717) is 6.04 Å². The van der Waals surface area contributed by atoms with Gasteiger partial charge in [-0.25, -0.2) is 0 Å². The van der Waals surface area contributed by atoms with E-state index in [1.54, 1.807) is 0 Å². The van der Waals surface area contributed by atoms with Crippen molar-refractivity contribution in [1.29, 1.82) is 0 Å². The van der Waals surface area contributed by atoms with Crippen LogP contribution < -0.4 is 5.32 Å². The van der Waals surface area contributed by atoms with Gasteiger partial charge in [0.2, 0.25) is 0 Å². The van der Waals surface area contributed by atoms with Crippen LogP contribution in [0.15, 0.2) is 30.3 Å². The Bertz CT molecular complexity index is 332. The lowest BCUT2D eigenvalue weighted by Gasteiger charge is -2.23. The van der Waals surface area contributed by atoms with Crippen molar-refractivity contribution in [3.63, 3.8) is 0 Å². The molecular formula is C17H27NO. The molecule has 2 rings (SSSR count). The molecule has 0 bridgehead atoms. The lowest BCUT2D eigenvalue weighted by Crippen LogP contribution is -2.37. The van der Waals surface area contributed by atoms with Gasteiger partial charge in [-0.3, -0.25) is 0 Å². The maximum atomic E-state index is 5.54. The van der Waals surface area contributed by atoms with Crippen LogP contribution in [0.4, 0.5) is 0 Å². The third-order valence-electron chi connectivity index (χ3n) is 4.01.